The summed E-state index contributed by atoms with van der Waals surface area (Å²) in [6.07, 6.45) is 2.50. The van der Waals surface area contributed by atoms with Gasteiger partial charge in [-0.05, 0) is 61.6 Å². The minimum atomic E-state index is -0.298. The van der Waals surface area contributed by atoms with Crippen molar-refractivity contribution < 1.29 is 19.0 Å². The topological polar surface area (TPSA) is 48.0 Å². The molecule has 0 radical (unpaired) electrons. The number of nitrogens with zero attached hydrogens (tertiary/aromatic N) is 1. The summed E-state index contributed by atoms with van der Waals surface area (Å²) in [6.45, 7) is 4.03. The van der Waals surface area contributed by atoms with Crippen molar-refractivity contribution in [3.63, 3.8) is 0 Å². The summed E-state index contributed by atoms with van der Waals surface area (Å²) in [4.78, 5) is 15.0. The Morgan fingerprint density at radius 1 is 1.07 bits per heavy atom. The molecule has 2 aliphatic heterocycles. The van der Waals surface area contributed by atoms with Gasteiger partial charge in [-0.3, -0.25) is 4.79 Å². The third kappa shape index (κ3) is 3.24. The fourth-order valence-corrected chi connectivity index (χ4v) is 4.43. The average Bonchev–Trinajstić information content (AvgIpc) is 2.73. The maximum absolute atomic E-state index is 13.1. The summed E-state index contributed by atoms with van der Waals surface area (Å²) in [5, 5.41) is 0. The summed E-state index contributed by atoms with van der Waals surface area (Å²) in [6, 6.07) is 12.0. The third-order valence-electron chi connectivity index (χ3n) is 6.00. The van der Waals surface area contributed by atoms with Crippen molar-refractivity contribution in [2.24, 2.45) is 0 Å². The Balaban J connectivity index is 1.55. The van der Waals surface area contributed by atoms with Gasteiger partial charge in [-0.15, -0.1) is 0 Å². The molecule has 1 amide bonds. The molecule has 0 atom stereocenters. The number of methoxy groups -OCH3 is 2. The van der Waals surface area contributed by atoms with E-state index in [1.165, 1.54) is 11.1 Å². The first kappa shape index (κ1) is 18.8. The molecule has 0 unspecified atom stereocenters. The Bertz CT molecular complexity index is 884. The number of ether oxygens (including phenoxy) is 3. The molecule has 2 aromatic carbocycles. The molecule has 4 rings (SSSR count). The van der Waals surface area contributed by atoms with Gasteiger partial charge in [-0.1, -0.05) is 17.7 Å². The number of benzene rings is 2. The number of aryl methyl sites for hydroxylation is 1. The van der Waals surface area contributed by atoms with E-state index in [0.717, 1.165) is 30.6 Å². The van der Waals surface area contributed by atoms with Crippen molar-refractivity contribution in [3.8, 4) is 11.5 Å². The number of hydrogen-bond donors (Lipinski definition) is 0. The Morgan fingerprint density at radius 3 is 2.57 bits per heavy atom. The Hall–Kier alpha value is -2.53. The van der Waals surface area contributed by atoms with Crippen LogP contribution in [0.25, 0.3) is 0 Å². The fraction of sp³-hybridized carbons (Fsp3) is 0.435. The van der Waals surface area contributed by atoms with E-state index in [0.29, 0.717) is 31.0 Å². The van der Waals surface area contributed by atoms with E-state index in [4.69, 9.17) is 14.2 Å². The Kier molecular flexibility index (Phi) is 5.02. The highest BCUT2D eigenvalue weighted by atomic mass is 16.5. The maximum atomic E-state index is 13.1. The summed E-state index contributed by atoms with van der Waals surface area (Å²) < 4.78 is 17.1. The number of likely N-dealkylation sites (tertiary alicyclic amines) is 1. The molecule has 148 valence electrons. The molecule has 5 nitrogen and oxygen atoms in total. The monoisotopic (exact) mass is 381 g/mol. The molecule has 2 heterocycles. The molecule has 2 aliphatic rings. The van der Waals surface area contributed by atoms with Gasteiger partial charge in [0.15, 0.2) is 0 Å². The van der Waals surface area contributed by atoms with Crippen LogP contribution in [-0.4, -0.2) is 44.7 Å². The van der Waals surface area contributed by atoms with E-state index < -0.39 is 0 Å². The number of carbonyl (C=O) groups excluding carboxylic acids is 1. The molecule has 2 aromatic rings. The first-order chi connectivity index (χ1) is 13.6. The largest absolute Gasteiger partial charge is 0.497 e. The molecule has 0 bridgehead atoms. The quantitative estimate of drug-likeness (QED) is 0.813. The van der Waals surface area contributed by atoms with E-state index in [1.807, 2.05) is 36.1 Å². The normalized spacial score (nSPS) is 17.9. The summed E-state index contributed by atoms with van der Waals surface area (Å²) in [7, 11) is 3.30. The van der Waals surface area contributed by atoms with Crippen LogP contribution in [0.15, 0.2) is 36.4 Å². The number of piperidine rings is 1. The van der Waals surface area contributed by atoms with Crippen LogP contribution in [0.4, 0.5) is 0 Å². The SMILES string of the molecule is COc1ccc2c(c1)CCOC21CCN(C(=O)c2cc(C)ccc2OC)CC1. The highest BCUT2D eigenvalue weighted by molar-refractivity contribution is 5.97. The van der Waals surface area contributed by atoms with E-state index in [-0.39, 0.29) is 11.5 Å². The number of fused-ring (bicyclic) bond motifs is 2. The Morgan fingerprint density at radius 2 is 1.86 bits per heavy atom. The van der Waals surface area contributed by atoms with Crippen LogP contribution in [0.3, 0.4) is 0 Å². The van der Waals surface area contributed by atoms with E-state index >= 15 is 0 Å². The lowest BCUT2D eigenvalue weighted by Gasteiger charge is -2.45. The molecule has 28 heavy (non-hydrogen) atoms. The lowest BCUT2D eigenvalue weighted by Crippen LogP contribution is -2.48. The second-order valence-electron chi connectivity index (χ2n) is 7.61. The van der Waals surface area contributed by atoms with Gasteiger partial charge < -0.3 is 19.1 Å². The third-order valence-corrected chi connectivity index (χ3v) is 6.00. The van der Waals surface area contributed by atoms with Crippen molar-refractivity contribution in [3.05, 3.63) is 58.7 Å². The van der Waals surface area contributed by atoms with Gasteiger partial charge in [0.05, 0.1) is 32.0 Å². The molecular weight excluding hydrogens is 354 g/mol. The van der Waals surface area contributed by atoms with E-state index in [1.54, 1.807) is 14.2 Å². The zero-order chi connectivity index (χ0) is 19.7. The lowest BCUT2D eigenvalue weighted by atomic mass is 9.79. The minimum Gasteiger partial charge on any atom is -0.497 e. The standard InChI is InChI=1S/C23H27NO4/c1-16-4-7-21(27-3)19(14-16)22(25)24-11-9-23(10-12-24)20-6-5-18(26-2)15-17(20)8-13-28-23/h4-7,14-15H,8-13H2,1-3H3. The fourth-order valence-electron chi connectivity index (χ4n) is 4.43. The van der Waals surface area contributed by atoms with Gasteiger partial charge >= 0.3 is 0 Å². The summed E-state index contributed by atoms with van der Waals surface area (Å²) >= 11 is 0. The number of rotatable bonds is 3. The van der Waals surface area contributed by atoms with Gasteiger partial charge in [0.25, 0.3) is 5.91 Å². The molecule has 1 fully saturated rings. The number of amides is 1. The van der Waals surface area contributed by atoms with Gasteiger partial charge in [0.1, 0.15) is 11.5 Å². The highest BCUT2D eigenvalue weighted by Crippen LogP contribution is 2.42. The van der Waals surface area contributed by atoms with Gasteiger partial charge in [-0.2, -0.15) is 0 Å². The predicted octanol–water partition coefficient (Wildman–Crippen LogP) is 3.72. The second-order valence-corrected chi connectivity index (χ2v) is 7.61. The van der Waals surface area contributed by atoms with Crippen molar-refractivity contribution in [1.82, 2.24) is 4.90 Å². The van der Waals surface area contributed by atoms with Crippen LogP contribution in [0.2, 0.25) is 0 Å². The van der Waals surface area contributed by atoms with Gasteiger partial charge in [-0.25, -0.2) is 0 Å². The zero-order valence-corrected chi connectivity index (χ0v) is 16.8. The summed E-state index contributed by atoms with van der Waals surface area (Å²) in [5.41, 5.74) is 3.93. The van der Waals surface area contributed by atoms with Crippen molar-refractivity contribution in [1.29, 1.82) is 0 Å². The van der Waals surface area contributed by atoms with Crippen LogP contribution < -0.4 is 9.47 Å². The summed E-state index contributed by atoms with van der Waals surface area (Å²) in [5.74, 6) is 1.54. The first-order valence-electron chi connectivity index (χ1n) is 9.81. The van der Waals surface area contributed by atoms with Crippen LogP contribution >= 0.6 is 0 Å². The van der Waals surface area contributed by atoms with E-state index in [9.17, 15) is 4.79 Å². The molecule has 0 saturated carbocycles. The molecular formula is C23H27NO4. The number of hydrogen-bond acceptors (Lipinski definition) is 4. The highest BCUT2D eigenvalue weighted by Gasteiger charge is 2.42. The van der Waals surface area contributed by atoms with E-state index in [2.05, 4.69) is 12.1 Å². The van der Waals surface area contributed by atoms with Crippen LogP contribution in [0.5, 0.6) is 11.5 Å². The van der Waals surface area contributed by atoms with Gasteiger partial charge in [0.2, 0.25) is 0 Å². The Labute approximate surface area is 166 Å². The lowest BCUT2D eigenvalue weighted by molar-refractivity contribution is -0.0935. The van der Waals surface area contributed by atoms with Crippen LogP contribution in [0, 0.1) is 6.92 Å². The zero-order valence-electron chi connectivity index (χ0n) is 16.8. The maximum Gasteiger partial charge on any atom is 0.257 e. The molecule has 0 N–H and O–H groups in total. The molecule has 1 spiro atoms. The molecule has 1 saturated heterocycles. The molecule has 0 aromatic heterocycles. The second kappa shape index (κ2) is 7.47. The van der Waals surface area contributed by atoms with Crippen LogP contribution in [0.1, 0.15) is 39.9 Å². The first-order valence-corrected chi connectivity index (χ1v) is 9.81. The van der Waals surface area contributed by atoms with Crippen molar-refractivity contribution >= 4 is 5.91 Å². The van der Waals surface area contributed by atoms with Gasteiger partial charge in [0, 0.05) is 13.1 Å². The van der Waals surface area contributed by atoms with Crippen molar-refractivity contribution in [2.75, 3.05) is 33.9 Å². The molecule has 0 aliphatic carbocycles. The smallest absolute Gasteiger partial charge is 0.257 e. The van der Waals surface area contributed by atoms with Crippen molar-refractivity contribution in [2.45, 2.75) is 31.8 Å². The number of carbonyl (C=O) groups is 1. The van der Waals surface area contributed by atoms with Crippen LogP contribution in [-0.2, 0) is 16.8 Å². The minimum absolute atomic E-state index is 0.0289. The molecule has 5 heteroatoms. The average molecular weight is 381 g/mol. The predicted molar refractivity (Wildman–Crippen MR) is 107 cm³/mol.